The van der Waals surface area contributed by atoms with Gasteiger partial charge in [0, 0.05) is 24.0 Å². The van der Waals surface area contributed by atoms with Crippen molar-refractivity contribution in [2.45, 2.75) is 57.3 Å². The third-order valence-corrected chi connectivity index (χ3v) is 5.87. The van der Waals surface area contributed by atoms with E-state index in [9.17, 15) is 5.11 Å². The Morgan fingerprint density at radius 3 is 2.32 bits per heavy atom. The fourth-order valence-corrected chi connectivity index (χ4v) is 4.46. The van der Waals surface area contributed by atoms with Gasteiger partial charge in [-0.05, 0) is 31.7 Å². The molecule has 0 aromatic heterocycles. The van der Waals surface area contributed by atoms with Gasteiger partial charge < -0.3 is 24.1 Å². The van der Waals surface area contributed by atoms with E-state index in [1.165, 1.54) is 0 Å². The molecule has 0 bridgehead atoms. The van der Waals surface area contributed by atoms with Gasteiger partial charge in [0.15, 0.2) is 11.5 Å². The second-order valence-corrected chi connectivity index (χ2v) is 7.70. The van der Waals surface area contributed by atoms with E-state index >= 15 is 0 Å². The van der Waals surface area contributed by atoms with Crippen LogP contribution in [0.25, 0.3) is 0 Å². The van der Waals surface area contributed by atoms with Gasteiger partial charge in [0.1, 0.15) is 5.75 Å². The number of hydrogen-bond donors (Lipinski definition) is 1. The van der Waals surface area contributed by atoms with Crippen LogP contribution in [0, 0.1) is 11.8 Å². The van der Waals surface area contributed by atoms with Crippen molar-refractivity contribution in [1.29, 1.82) is 0 Å². The molecule has 1 saturated heterocycles. The Balaban J connectivity index is 1.95. The lowest BCUT2D eigenvalue weighted by Crippen LogP contribution is -2.51. The highest BCUT2D eigenvalue weighted by molar-refractivity contribution is 5.51. The summed E-state index contributed by atoms with van der Waals surface area (Å²) in [5.41, 5.74) is 0.156. The highest BCUT2D eigenvalue weighted by Gasteiger charge is 2.48. The van der Waals surface area contributed by atoms with Crippen LogP contribution in [-0.4, -0.2) is 38.1 Å². The Morgan fingerprint density at radius 1 is 1.04 bits per heavy atom. The normalized spacial score (nSPS) is 35.0. The Labute approximate surface area is 150 Å². The van der Waals surface area contributed by atoms with E-state index in [1.54, 1.807) is 21.3 Å². The largest absolute Gasteiger partial charge is 0.496 e. The van der Waals surface area contributed by atoms with E-state index in [2.05, 4.69) is 6.92 Å². The van der Waals surface area contributed by atoms with Crippen LogP contribution in [0.3, 0.4) is 0 Å². The number of benzene rings is 1. The first-order valence-corrected chi connectivity index (χ1v) is 9.07. The SMILES string of the molecule is COc1cc(OC)c([C@H]2CC(C)(O)[C@@H]3CC[C@@H](C)C[C@H]3O2)cc1OC. The lowest BCUT2D eigenvalue weighted by atomic mass is 9.68. The highest BCUT2D eigenvalue weighted by atomic mass is 16.5. The fraction of sp³-hybridized carbons (Fsp3) is 0.700. The van der Waals surface area contributed by atoms with Crippen molar-refractivity contribution in [3.05, 3.63) is 17.7 Å². The van der Waals surface area contributed by atoms with Crippen LogP contribution < -0.4 is 14.2 Å². The summed E-state index contributed by atoms with van der Waals surface area (Å²) >= 11 is 0. The van der Waals surface area contributed by atoms with Crippen LogP contribution in [-0.2, 0) is 4.74 Å². The first-order valence-electron chi connectivity index (χ1n) is 9.07. The predicted octanol–water partition coefficient (Wildman–Crippen LogP) is 3.73. The van der Waals surface area contributed by atoms with Crippen molar-refractivity contribution in [3.8, 4) is 17.2 Å². The third kappa shape index (κ3) is 3.44. The van der Waals surface area contributed by atoms with Gasteiger partial charge in [-0.15, -0.1) is 0 Å². The average Bonchev–Trinajstić information content (AvgIpc) is 2.59. The molecule has 5 heteroatoms. The minimum Gasteiger partial charge on any atom is -0.496 e. The molecule has 5 atom stereocenters. The van der Waals surface area contributed by atoms with Crippen LogP contribution in [0.5, 0.6) is 17.2 Å². The predicted molar refractivity (Wildman–Crippen MR) is 95.5 cm³/mol. The molecule has 1 N–H and O–H groups in total. The summed E-state index contributed by atoms with van der Waals surface area (Å²) in [5.74, 6) is 2.78. The van der Waals surface area contributed by atoms with Gasteiger partial charge in [0.25, 0.3) is 0 Å². The molecule has 1 saturated carbocycles. The molecule has 0 radical (unpaired) electrons. The Kier molecular flexibility index (Phi) is 5.16. The molecule has 1 aliphatic heterocycles. The molecule has 1 aromatic rings. The van der Waals surface area contributed by atoms with E-state index in [-0.39, 0.29) is 18.1 Å². The molecule has 1 aromatic carbocycles. The number of hydrogen-bond acceptors (Lipinski definition) is 5. The van der Waals surface area contributed by atoms with Crippen LogP contribution in [0.2, 0.25) is 0 Å². The quantitative estimate of drug-likeness (QED) is 0.897. The highest BCUT2D eigenvalue weighted by Crippen LogP contribution is 2.50. The molecule has 140 valence electrons. The van der Waals surface area contributed by atoms with Gasteiger partial charge in [-0.1, -0.05) is 13.3 Å². The van der Waals surface area contributed by atoms with E-state index in [0.29, 0.717) is 29.6 Å². The van der Waals surface area contributed by atoms with Crippen LogP contribution in [0.1, 0.15) is 51.2 Å². The molecule has 0 spiro atoms. The Hall–Kier alpha value is -1.46. The average molecular weight is 350 g/mol. The molecule has 1 heterocycles. The summed E-state index contributed by atoms with van der Waals surface area (Å²) in [6.07, 6.45) is 3.58. The zero-order valence-corrected chi connectivity index (χ0v) is 15.9. The summed E-state index contributed by atoms with van der Waals surface area (Å²) in [7, 11) is 4.86. The van der Waals surface area contributed by atoms with Gasteiger partial charge in [-0.2, -0.15) is 0 Å². The van der Waals surface area contributed by atoms with Crippen molar-refractivity contribution in [3.63, 3.8) is 0 Å². The minimum absolute atomic E-state index is 0.0790. The summed E-state index contributed by atoms with van der Waals surface area (Å²) in [4.78, 5) is 0. The summed E-state index contributed by atoms with van der Waals surface area (Å²) in [6.45, 7) is 4.21. The van der Waals surface area contributed by atoms with Crippen LogP contribution in [0.15, 0.2) is 12.1 Å². The lowest BCUT2D eigenvalue weighted by molar-refractivity contribution is -0.198. The van der Waals surface area contributed by atoms with Gasteiger partial charge in [-0.3, -0.25) is 0 Å². The molecule has 1 aliphatic carbocycles. The number of methoxy groups -OCH3 is 3. The van der Waals surface area contributed by atoms with Gasteiger partial charge >= 0.3 is 0 Å². The maximum Gasteiger partial charge on any atom is 0.164 e. The monoisotopic (exact) mass is 350 g/mol. The third-order valence-electron chi connectivity index (χ3n) is 5.87. The van der Waals surface area contributed by atoms with Crippen molar-refractivity contribution in [2.24, 2.45) is 11.8 Å². The molecular weight excluding hydrogens is 320 g/mol. The maximum absolute atomic E-state index is 11.1. The van der Waals surface area contributed by atoms with E-state index in [0.717, 1.165) is 24.8 Å². The summed E-state index contributed by atoms with van der Waals surface area (Å²) in [6, 6.07) is 3.73. The number of aliphatic hydroxyl groups is 1. The number of fused-ring (bicyclic) bond motifs is 1. The molecular formula is C20H30O5. The Morgan fingerprint density at radius 2 is 1.68 bits per heavy atom. The second-order valence-electron chi connectivity index (χ2n) is 7.70. The summed E-state index contributed by atoms with van der Waals surface area (Å²) in [5, 5.41) is 11.1. The van der Waals surface area contributed by atoms with Crippen LogP contribution >= 0.6 is 0 Å². The molecule has 3 rings (SSSR count). The maximum atomic E-state index is 11.1. The van der Waals surface area contributed by atoms with Crippen molar-refractivity contribution in [2.75, 3.05) is 21.3 Å². The second kappa shape index (κ2) is 7.04. The van der Waals surface area contributed by atoms with Crippen molar-refractivity contribution in [1.82, 2.24) is 0 Å². The fourth-order valence-electron chi connectivity index (χ4n) is 4.46. The number of ether oxygens (including phenoxy) is 4. The molecule has 2 aliphatic rings. The van der Waals surface area contributed by atoms with E-state index in [4.69, 9.17) is 18.9 Å². The minimum atomic E-state index is -0.744. The standard InChI is InChI=1S/C20H30O5/c1-12-6-7-14-16(8-12)25-19(11-20(14,2)21)13-9-17(23-4)18(24-5)10-15(13)22-3/h9-10,12,14,16,19,21H,6-8,11H2,1-5H3/t12-,14-,16-,19-,20?/m1/s1. The topological polar surface area (TPSA) is 57.2 Å². The van der Waals surface area contributed by atoms with Crippen LogP contribution in [0.4, 0.5) is 0 Å². The molecule has 25 heavy (non-hydrogen) atoms. The molecule has 1 unspecified atom stereocenters. The van der Waals surface area contributed by atoms with Crippen molar-refractivity contribution < 1.29 is 24.1 Å². The summed E-state index contributed by atoms with van der Waals surface area (Å²) < 4.78 is 22.8. The molecule has 2 fully saturated rings. The lowest BCUT2D eigenvalue weighted by Gasteiger charge is -2.49. The Bertz CT molecular complexity index is 612. The van der Waals surface area contributed by atoms with E-state index in [1.807, 2.05) is 19.1 Å². The van der Waals surface area contributed by atoms with Gasteiger partial charge in [0.05, 0.1) is 39.1 Å². The van der Waals surface area contributed by atoms with Gasteiger partial charge in [-0.25, -0.2) is 0 Å². The van der Waals surface area contributed by atoms with Gasteiger partial charge in [0.2, 0.25) is 0 Å². The molecule has 0 amide bonds. The zero-order chi connectivity index (χ0) is 18.2. The first-order chi connectivity index (χ1) is 11.9. The van der Waals surface area contributed by atoms with E-state index < -0.39 is 5.60 Å². The molecule has 5 nitrogen and oxygen atoms in total. The zero-order valence-electron chi connectivity index (χ0n) is 15.9. The first kappa shape index (κ1) is 18.3. The van der Waals surface area contributed by atoms with Crippen molar-refractivity contribution >= 4 is 0 Å². The smallest absolute Gasteiger partial charge is 0.164 e. The number of rotatable bonds is 4.